The first kappa shape index (κ1) is 9.55. The van der Waals surface area contributed by atoms with Crippen LogP contribution in [-0.2, 0) is 0 Å². The lowest BCUT2D eigenvalue weighted by Gasteiger charge is -2.02. The number of ketones is 1. The van der Waals surface area contributed by atoms with Gasteiger partial charge in [-0.15, -0.1) is 0 Å². The highest BCUT2D eigenvalue weighted by Gasteiger charge is 2.06. The molecule has 0 spiro atoms. The van der Waals surface area contributed by atoms with E-state index in [1.807, 2.05) is 0 Å². The Labute approximate surface area is 83.8 Å². The second kappa shape index (κ2) is 3.46. The van der Waals surface area contributed by atoms with Crippen molar-refractivity contribution < 1.29 is 4.79 Å². The molecule has 1 aromatic rings. The molecule has 12 heavy (non-hydrogen) atoms. The summed E-state index contributed by atoms with van der Waals surface area (Å²) in [5.74, 6) is -0.0286. The molecule has 64 valence electrons. The number of nitrogens with two attached hydrogens (primary N) is 1. The molecule has 2 N–H and O–H groups in total. The standard InChI is InChI=1S/C8H7BrClNO/c1-4(12)5-2-6(9)8(10)7(11)3-5/h2-3H,11H2,1H3. The number of carbonyl (C=O) groups is 1. The van der Waals surface area contributed by atoms with E-state index in [2.05, 4.69) is 15.9 Å². The van der Waals surface area contributed by atoms with Crippen LogP contribution in [0.15, 0.2) is 16.6 Å². The topological polar surface area (TPSA) is 43.1 Å². The lowest BCUT2D eigenvalue weighted by molar-refractivity contribution is 0.101. The fourth-order valence-electron chi connectivity index (χ4n) is 0.814. The molecule has 1 aromatic carbocycles. The minimum atomic E-state index is -0.0286. The van der Waals surface area contributed by atoms with Gasteiger partial charge in [-0.1, -0.05) is 11.6 Å². The van der Waals surface area contributed by atoms with Gasteiger partial charge < -0.3 is 5.73 Å². The molecule has 1 rings (SSSR count). The van der Waals surface area contributed by atoms with Gasteiger partial charge in [-0.25, -0.2) is 0 Å². The highest BCUT2D eigenvalue weighted by Crippen LogP contribution is 2.29. The molecular weight excluding hydrogens is 241 g/mol. The highest BCUT2D eigenvalue weighted by atomic mass is 79.9. The number of nitrogen functional groups attached to an aromatic ring is 1. The molecule has 0 amide bonds. The number of benzene rings is 1. The van der Waals surface area contributed by atoms with Crippen molar-refractivity contribution in [3.05, 3.63) is 27.2 Å². The summed E-state index contributed by atoms with van der Waals surface area (Å²) in [5, 5.41) is 0.444. The Balaban J connectivity index is 3.31. The van der Waals surface area contributed by atoms with E-state index in [1.54, 1.807) is 12.1 Å². The van der Waals surface area contributed by atoms with Crippen LogP contribution in [0.4, 0.5) is 5.69 Å². The van der Waals surface area contributed by atoms with E-state index in [0.717, 1.165) is 0 Å². The number of halogens is 2. The zero-order chi connectivity index (χ0) is 9.30. The van der Waals surface area contributed by atoms with Crippen molar-refractivity contribution >= 4 is 39.0 Å². The number of Topliss-reactive ketones (excluding diaryl/α,β-unsaturated/α-hetero) is 1. The summed E-state index contributed by atoms with van der Waals surface area (Å²) in [7, 11) is 0. The predicted octanol–water partition coefficient (Wildman–Crippen LogP) is 2.89. The number of anilines is 1. The first-order valence-corrected chi connectivity index (χ1v) is 4.45. The molecule has 0 radical (unpaired) electrons. The third kappa shape index (κ3) is 1.79. The zero-order valence-corrected chi connectivity index (χ0v) is 8.74. The first-order valence-electron chi connectivity index (χ1n) is 3.28. The molecule has 4 heteroatoms. The molecule has 0 aliphatic rings. The van der Waals surface area contributed by atoms with Crippen molar-refractivity contribution in [1.29, 1.82) is 0 Å². The lowest BCUT2D eigenvalue weighted by atomic mass is 10.1. The van der Waals surface area contributed by atoms with E-state index in [9.17, 15) is 4.79 Å². The van der Waals surface area contributed by atoms with E-state index in [4.69, 9.17) is 17.3 Å². The van der Waals surface area contributed by atoms with Gasteiger partial charge in [-0.05, 0) is 35.0 Å². The Kier molecular flexibility index (Phi) is 2.75. The molecule has 0 atom stereocenters. The molecule has 0 bridgehead atoms. The fraction of sp³-hybridized carbons (Fsp3) is 0.125. The minimum absolute atomic E-state index is 0.0286. The van der Waals surface area contributed by atoms with E-state index >= 15 is 0 Å². The Bertz CT molecular complexity index is 315. The first-order chi connectivity index (χ1) is 5.52. The van der Waals surface area contributed by atoms with E-state index < -0.39 is 0 Å². The Morgan fingerprint density at radius 1 is 1.58 bits per heavy atom. The molecule has 0 saturated carbocycles. The number of carbonyl (C=O) groups excluding carboxylic acids is 1. The van der Waals surface area contributed by atoms with Gasteiger partial charge in [0.15, 0.2) is 5.78 Å². The Morgan fingerprint density at radius 3 is 2.58 bits per heavy atom. The molecular formula is C8H7BrClNO. The van der Waals surface area contributed by atoms with Crippen LogP contribution >= 0.6 is 27.5 Å². The van der Waals surface area contributed by atoms with Crippen molar-refractivity contribution in [3.63, 3.8) is 0 Å². The molecule has 0 aliphatic heterocycles. The Morgan fingerprint density at radius 2 is 2.17 bits per heavy atom. The third-order valence-electron chi connectivity index (χ3n) is 1.46. The summed E-state index contributed by atoms with van der Waals surface area (Å²) in [6, 6.07) is 3.22. The lowest BCUT2D eigenvalue weighted by Crippen LogP contribution is -1.95. The van der Waals surface area contributed by atoms with Gasteiger partial charge in [-0.3, -0.25) is 4.79 Å². The summed E-state index contributed by atoms with van der Waals surface area (Å²) in [6.07, 6.45) is 0. The molecule has 0 heterocycles. The SMILES string of the molecule is CC(=O)c1cc(N)c(Cl)c(Br)c1. The largest absolute Gasteiger partial charge is 0.397 e. The Hall–Kier alpha value is -0.540. The molecule has 0 fully saturated rings. The second-order valence-corrected chi connectivity index (χ2v) is 3.65. The quantitative estimate of drug-likeness (QED) is 0.613. The maximum Gasteiger partial charge on any atom is 0.159 e. The van der Waals surface area contributed by atoms with Gasteiger partial charge >= 0.3 is 0 Å². The summed E-state index contributed by atoms with van der Waals surface area (Å²) in [5.41, 5.74) is 6.52. The van der Waals surface area contributed by atoms with Crippen LogP contribution in [0.3, 0.4) is 0 Å². The smallest absolute Gasteiger partial charge is 0.159 e. The van der Waals surface area contributed by atoms with E-state index in [0.29, 0.717) is 20.7 Å². The van der Waals surface area contributed by atoms with Crippen LogP contribution < -0.4 is 5.73 Å². The molecule has 0 saturated heterocycles. The number of hydrogen-bond donors (Lipinski definition) is 1. The normalized spacial score (nSPS) is 9.92. The summed E-state index contributed by atoms with van der Waals surface area (Å²) in [4.78, 5) is 10.9. The predicted molar refractivity (Wildman–Crippen MR) is 53.6 cm³/mol. The zero-order valence-electron chi connectivity index (χ0n) is 6.40. The van der Waals surface area contributed by atoms with Gasteiger partial charge in [0.25, 0.3) is 0 Å². The van der Waals surface area contributed by atoms with Gasteiger partial charge in [0.2, 0.25) is 0 Å². The summed E-state index contributed by atoms with van der Waals surface area (Å²) in [6.45, 7) is 1.48. The highest BCUT2D eigenvalue weighted by molar-refractivity contribution is 9.10. The van der Waals surface area contributed by atoms with Crippen molar-refractivity contribution in [2.24, 2.45) is 0 Å². The maximum atomic E-state index is 10.9. The van der Waals surface area contributed by atoms with Crippen LogP contribution in [-0.4, -0.2) is 5.78 Å². The van der Waals surface area contributed by atoms with Crippen LogP contribution in [0, 0.1) is 0 Å². The van der Waals surface area contributed by atoms with Crippen molar-refractivity contribution in [1.82, 2.24) is 0 Å². The molecule has 0 aliphatic carbocycles. The molecule has 2 nitrogen and oxygen atoms in total. The second-order valence-electron chi connectivity index (χ2n) is 2.42. The average molecular weight is 249 g/mol. The maximum absolute atomic E-state index is 10.9. The van der Waals surface area contributed by atoms with E-state index in [-0.39, 0.29) is 5.78 Å². The van der Waals surface area contributed by atoms with Gasteiger partial charge in [-0.2, -0.15) is 0 Å². The van der Waals surface area contributed by atoms with Crippen LogP contribution in [0.1, 0.15) is 17.3 Å². The van der Waals surface area contributed by atoms with Gasteiger partial charge in [0.05, 0.1) is 10.7 Å². The van der Waals surface area contributed by atoms with Crippen molar-refractivity contribution in [3.8, 4) is 0 Å². The minimum Gasteiger partial charge on any atom is -0.397 e. The fourth-order valence-corrected chi connectivity index (χ4v) is 1.40. The summed E-state index contributed by atoms with van der Waals surface area (Å²) < 4.78 is 0.648. The molecule has 0 aromatic heterocycles. The van der Waals surface area contributed by atoms with Crippen LogP contribution in [0.5, 0.6) is 0 Å². The molecule has 0 unspecified atom stereocenters. The average Bonchev–Trinajstić information content (AvgIpc) is 1.99. The monoisotopic (exact) mass is 247 g/mol. The number of rotatable bonds is 1. The van der Waals surface area contributed by atoms with Gasteiger partial charge in [0.1, 0.15) is 0 Å². The number of hydrogen-bond acceptors (Lipinski definition) is 2. The summed E-state index contributed by atoms with van der Waals surface area (Å²) >= 11 is 8.97. The third-order valence-corrected chi connectivity index (χ3v) is 2.74. The van der Waals surface area contributed by atoms with E-state index in [1.165, 1.54) is 6.92 Å². The van der Waals surface area contributed by atoms with Crippen LogP contribution in [0.25, 0.3) is 0 Å². The van der Waals surface area contributed by atoms with Crippen molar-refractivity contribution in [2.45, 2.75) is 6.92 Å². The van der Waals surface area contributed by atoms with Gasteiger partial charge in [0, 0.05) is 10.0 Å². The van der Waals surface area contributed by atoms with Crippen LogP contribution in [0.2, 0.25) is 5.02 Å². The van der Waals surface area contributed by atoms with Crippen molar-refractivity contribution in [2.75, 3.05) is 5.73 Å².